The van der Waals surface area contributed by atoms with Gasteiger partial charge in [0.15, 0.2) is 12.4 Å². The van der Waals surface area contributed by atoms with E-state index >= 15 is 0 Å². The summed E-state index contributed by atoms with van der Waals surface area (Å²) in [6.45, 7) is 4.08. The van der Waals surface area contributed by atoms with Crippen molar-refractivity contribution < 1.29 is 21.5 Å². The zero-order chi connectivity index (χ0) is 10.7. The minimum atomic E-state index is 0. The number of benzene rings is 1. The van der Waals surface area contributed by atoms with Gasteiger partial charge in [0.1, 0.15) is 0 Å². The first-order valence-electron chi connectivity index (χ1n) is 4.69. The van der Waals surface area contributed by atoms with Crippen LogP contribution in [0.15, 0.2) is 65.9 Å². The number of hydrogen-bond donors (Lipinski definition) is 0. The van der Waals surface area contributed by atoms with Gasteiger partial charge in [0, 0.05) is 11.6 Å². The SMILES string of the molecule is C=C(c1ccccc1)[n+]1cccc(Br)c1.[Br-]. The van der Waals surface area contributed by atoms with Crippen LogP contribution >= 0.6 is 15.9 Å². The first-order chi connectivity index (χ1) is 7.27. The number of halogens is 2. The number of hydrogen-bond acceptors (Lipinski definition) is 0. The first kappa shape index (κ1) is 13.1. The lowest BCUT2D eigenvalue weighted by Crippen LogP contribution is -3.00. The molecule has 2 aromatic rings. The van der Waals surface area contributed by atoms with E-state index in [9.17, 15) is 0 Å². The van der Waals surface area contributed by atoms with Crippen molar-refractivity contribution in [3.8, 4) is 0 Å². The molecule has 0 spiro atoms. The van der Waals surface area contributed by atoms with Crippen molar-refractivity contribution >= 4 is 21.6 Å². The highest BCUT2D eigenvalue weighted by Crippen LogP contribution is 2.10. The van der Waals surface area contributed by atoms with E-state index in [2.05, 4.69) is 34.6 Å². The highest BCUT2D eigenvalue weighted by atomic mass is 79.9. The smallest absolute Gasteiger partial charge is 0.210 e. The van der Waals surface area contributed by atoms with E-state index in [4.69, 9.17) is 0 Å². The summed E-state index contributed by atoms with van der Waals surface area (Å²) >= 11 is 3.44. The predicted molar refractivity (Wildman–Crippen MR) is 65.2 cm³/mol. The molecule has 16 heavy (non-hydrogen) atoms. The van der Waals surface area contributed by atoms with E-state index in [1.54, 1.807) is 0 Å². The Hall–Kier alpha value is -0.930. The topological polar surface area (TPSA) is 3.88 Å². The molecule has 0 unspecified atom stereocenters. The van der Waals surface area contributed by atoms with Gasteiger partial charge in [0.2, 0.25) is 5.70 Å². The Morgan fingerprint density at radius 1 is 1.06 bits per heavy atom. The number of rotatable bonds is 2. The van der Waals surface area contributed by atoms with Crippen LogP contribution in [0.1, 0.15) is 5.56 Å². The molecule has 0 bridgehead atoms. The molecule has 0 aliphatic heterocycles. The lowest BCUT2D eigenvalue weighted by molar-refractivity contribution is -0.579. The fourth-order valence-electron chi connectivity index (χ4n) is 1.39. The predicted octanol–water partition coefficient (Wildman–Crippen LogP) is 0.260. The van der Waals surface area contributed by atoms with E-state index in [1.165, 1.54) is 0 Å². The lowest BCUT2D eigenvalue weighted by Gasteiger charge is -1.99. The van der Waals surface area contributed by atoms with Crippen LogP contribution in [0.2, 0.25) is 0 Å². The molecular weight excluding hydrogens is 330 g/mol. The Morgan fingerprint density at radius 2 is 1.75 bits per heavy atom. The van der Waals surface area contributed by atoms with Crippen molar-refractivity contribution in [2.45, 2.75) is 0 Å². The molecular formula is C13H11Br2N. The molecule has 0 atom stereocenters. The van der Waals surface area contributed by atoms with Crippen LogP contribution in [-0.2, 0) is 0 Å². The molecule has 0 N–H and O–H groups in total. The molecule has 0 aliphatic rings. The van der Waals surface area contributed by atoms with E-state index in [-0.39, 0.29) is 17.0 Å². The van der Waals surface area contributed by atoms with Crippen molar-refractivity contribution in [2.24, 2.45) is 0 Å². The lowest BCUT2D eigenvalue weighted by atomic mass is 10.2. The second-order valence-corrected chi connectivity index (χ2v) is 4.16. The fraction of sp³-hybridized carbons (Fsp3) is 0. The largest absolute Gasteiger partial charge is 1.00 e. The maximum absolute atomic E-state index is 4.08. The van der Waals surface area contributed by atoms with Gasteiger partial charge >= 0.3 is 0 Å². The maximum atomic E-state index is 4.08. The summed E-state index contributed by atoms with van der Waals surface area (Å²) in [4.78, 5) is 0. The van der Waals surface area contributed by atoms with Gasteiger partial charge in [0.05, 0.1) is 4.47 Å². The minimum absolute atomic E-state index is 0. The quantitative estimate of drug-likeness (QED) is 0.690. The average molecular weight is 341 g/mol. The molecule has 82 valence electrons. The molecule has 1 heterocycles. The third-order valence-corrected chi connectivity index (χ3v) is 2.65. The Bertz CT molecular complexity index is 480. The number of nitrogens with zero attached hydrogens (tertiary/aromatic N) is 1. The normalized spacial score (nSPS) is 9.31. The van der Waals surface area contributed by atoms with Crippen LogP contribution < -0.4 is 21.5 Å². The summed E-state index contributed by atoms with van der Waals surface area (Å²) in [5.41, 5.74) is 2.09. The van der Waals surface area contributed by atoms with Crippen LogP contribution in [0.4, 0.5) is 0 Å². The highest BCUT2D eigenvalue weighted by molar-refractivity contribution is 9.10. The second kappa shape index (κ2) is 5.97. The number of pyridine rings is 1. The molecule has 1 aromatic heterocycles. The van der Waals surface area contributed by atoms with E-state index in [0.717, 1.165) is 15.7 Å². The molecule has 2 rings (SSSR count). The Balaban J connectivity index is 0.00000128. The number of aromatic nitrogens is 1. The van der Waals surface area contributed by atoms with Gasteiger partial charge in [-0.3, -0.25) is 0 Å². The van der Waals surface area contributed by atoms with Crippen molar-refractivity contribution in [1.29, 1.82) is 0 Å². The van der Waals surface area contributed by atoms with Crippen LogP contribution in [0, 0.1) is 0 Å². The van der Waals surface area contributed by atoms with Gasteiger partial charge < -0.3 is 17.0 Å². The van der Waals surface area contributed by atoms with Gasteiger partial charge in [-0.25, -0.2) is 0 Å². The molecule has 1 nitrogen and oxygen atoms in total. The van der Waals surface area contributed by atoms with Crippen molar-refractivity contribution in [3.63, 3.8) is 0 Å². The van der Waals surface area contributed by atoms with Crippen LogP contribution in [-0.4, -0.2) is 0 Å². The highest BCUT2D eigenvalue weighted by Gasteiger charge is 2.09. The van der Waals surface area contributed by atoms with Gasteiger partial charge in [0.25, 0.3) is 0 Å². The molecule has 0 fully saturated rings. The van der Waals surface area contributed by atoms with Gasteiger partial charge in [-0.2, -0.15) is 4.57 Å². The fourth-order valence-corrected chi connectivity index (χ4v) is 1.77. The maximum Gasteiger partial charge on any atom is 0.210 e. The van der Waals surface area contributed by atoms with Crippen molar-refractivity contribution in [2.75, 3.05) is 0 Å². The summed E-state index contributed by atoms with van der Waals surface area (Å²) in [6.07, 6.45) is 3.98. The molecule has 0 aliphatic carbocycles. The van der Waals surface area contributed by atoms with Gasteiger partial charge in [-0.05, 0) is 40.7 Å². The molecule has 0 amide bonds. The van der Waals surface area contributed by atoms with E-state index in [1.807, 2.05) is 47.3 Å². The molecule has 1 aromatic carbocycles. The summed E-state index contributed by atoms with van der Waals surface area (Å²) in [5.74, 6) is 0. The molecule has 3 heteroatoms. The Labute approximate surface area is 114 Å². The van der Waals surface area contributed by atoms with Crippen molar-refractivity contribution in [1.82, 2.24) is 0 Å². The van der Waals surface area contributed by atoms with Gasteiger partial charge in [-0.1, -0.05) is 18.2 Å². The van der Waals surface area contributed by atoms with E-state index in [0.29, 0.717) is 0 Å². The van der Waals surface area contributed by atoms with E-state index < -0.39 is 0 Å². The zero-order valence-electron chi connectivity index (χ0n) is 8.61. The summed E-state index contributed by atoms with van der Waals surface area (Å²) in [6, 6.07) is 14.1. The standard InChI is InChI=1S/C13H11BrN.BrH/c1-11(12-6-3-2-4-7-12)15-9-5-8-13(14)10-15;/h2-10H,1H2;1H/q+1;/p-1. The first-order valence-corrected chi connectivity index (χ1v) is 5.48. The molecule has 0 saturated carbocycles. The van der Waals surface area contributed by atoms with Crippen LogP contribution in [0.5, 0.6) is 0 Å². The van der Waals surface area contributed by atoms with Crippen molar-refractivity contribution in [3.05, 3.63) is 71.5 Å². The monoisotopic (exact) mass is 339 g/mol. The van der Waals surface area contributed by atoms with Crippen LogP contribution in [0.25, 0.3) is 5.70 Å². The summed E-state index contributed by atoms with van der Waals surface area (Å²) < 4.78 is 3.04. The molecule has 0 radical (unpaired) electrons. The third-order valence-electron chi connectivity index (χ3n) is 2.18. The van der Waals surface area contributed by atoms with Gasteiger partial charge in [-0.15, -0.1) is 0 Å². The Kier molecular flexibility index (Phi) is 4.90. The third kappa shape index (κ3) is 3.03. The summed E-state index contributed by atoms with van der Waals surface area (Å²) in [7, 11) is 0. The molecule has 0 saturated heterocycles. The summed E-state index contributed by atoms with van der Waals surface area (Å²) in [5, 5.41) is 0. The van der Waals surface area contributed by atoms with Crippen LogP contribution in [0.3, 0.4) is 0 Å². The minimum Gasteiger partial charge on any atom is -1.00 e. The Morgan fingerprint density at radius 3 is 2.38 bits per heavy atom. The zero-order valence-corrected chi connectivity index (χ0v) is 11.8. The second-order valence-electron chi connectivity index (χ2n) is 3.24. The average Bonchev–Trinajstić information content (AvgIpc) is 2.29.